The molecule has 0 aliphatic rings. The Hall–Kier alpha value is -2.73. The maximum absolute atomic E-state index is 13.6. The van der Waals surface area contributed by atoms with Crippen LogP contribution in [0.4, 0.5) is 4.39 Å². The van der Waals surface area contributed by atoms with Crippen LogP contribution in [0.25, 0.3) is 5.82 Å². The van der Waals surface area contributed by atoms with Crippen molar-refractivity contribution in [3.05, 3.63) is 77.2 Å². The molecule has 1 aromatic carbocycles. The number of carbonyl (C=O) groups excluding carboxylic acids is 1. The Kier molecular flexibility index (Phi) is 4.34. The molecule has 3 rings (SSSR count). The van der Waals surface area contributed by atoms with E-state index < -0.39 is 11.8 Å². The van der Waals surface area contributed by atoms with Crippen LogP contribution < -0.4 is 0 Å². The lowest BCUT2D eigenvalue weighted by molar-refractivity contribution is 0.0467. The fourth-order valence-corrected chi connectivity index (χ4v) is 2.09. The van der Waals surface area contributed by atoms with Crippen molar-refractivity contribution >= 4 is 17.6 Å². The van der Waals surface area contributed by atoms with Gasteiger partial charge in [0.25, 0.3) is 0 Å². The van der Waals surface area contributed by atoms with Gasteiger partial charge in [-0.2, -0.15) is 0 Å². The standard InChI is InChI=1S/C16H11ClFN3O2/c17-12-2-3-13(14(18)7-12)16(22)23-9-11-1-4-15(20-8-11)21-6-5-19-10-21/h1-8,10H,9H2. The van der Waals surface area contributed by atoms with Gasteiger partial charge in [-0.3, -0.25) is 4.57 Å². The molecule has 5 nitrogen and oxygen atoms in total. The lowest BCUT2D eigenvalue weighted by Crippen LogP contribution is -2.08. The molecule has 0 radical (unpaired) electrons. The summed E-state index contributed by atoms with van der Waals surface area (Å²) >= 11 is 5.64. The number of nitrogens with zero attached hydrogens (tertiary/aromatic N) is 3. The summed E-state index contributed by atoms with van der Waals surface area (Å²) in [7, 11) is 0. The van der Waals surface area contributed by atoms with Crippen molar-refractivity contribution in [1.82, 2.24) is 14.5 Å². The zero-order valence-electron chi connectivity index (χ0n) is 11.8. The van der Waals surface area contributed by atoms with Crippen LogP contribution in [-0.2, 0) is 11.3 Å². The Morgan fingerprint density at radius 3 is 2.83 bits per heavy atom. The van der Waals surface area contributed by atoms with E-state index in [2.05, 4.69) is 9.97 Å². The number of imidazole rings is 1. The molecule has 0 saturated carbocycles. The Balaban J connectivity index is 1.65. The predicted octanol–water partition coefficient (Wildman–Crippen LogP) is 3.42. The van der Waals surface area contributed by atoms with E-state index in [-0.39, 0.29) is 17.2 Å². The highest BCUT2D eigenvalue weighted by Crippen LogP contribution is 2.16. The maximum atomic E-state index is 13.6. The fourth-order valence-electron chi connectivity index (χ4n) is 1.93. The first-order valence-electron chi connectivity index (χ1n) is 6.69. The molecular weight excluding hydrogens is 321 g/mol. The van der Waals surface area contributed by atoms with Crippen LogP contribution in [0, 0.1) is 5.82 Å². The number of hydrogen-bond acceptors (Lipinski definition) is 4. The van der Waals surface area contributed by atoms with Crippen molar-refractivity contribution in [3.8, 4) is 5.82 Å². The van der Waals surface area contributed by atoms with Gasteiger partial charge in [-0.1, -0.05) is 17.7 Å². The molecule has 3 aromatic rings. The van der Waals surface area contributed by atoms with Crippen molar-refractivity contribution in [2.24, 2.45) is 0 Å². The van der Waals surface area contributed by atoms with Crippen molar-refractivity contribution < 1.29 is 13.9 Å². The fraction of sp³-hybridized carbons (Fsp3) is 0.0625. The second-order valence-corrected chi connectivity index (χ2v) is 5.13. The van der Waals surface area contributed by atoms with Gasteiger partial charge in [-0.05, 0) is 24.3 Å². The molecular formula is C16H11ClFN3O2. The van der Waals surface area contributed by atoms with Crippen LogP contribution in [0.3, 0.4) is 0 Å². The second kappa shape index (κ2) is 6.58. The SMILES string of the molecule is O=C(OCc1ccc(-n2ccnc2)nc1)c1ccc(Cl)cc1F. The van der Waals surface area contributed by atoms with Crippen LogP contribution in [0.1, 0.15) is 15.9 Å². The quantitative estimate of drug-likeness (QED) is 0.687. The van der Waals surface area contributed by atoms with E-state index in [1.807, 2.05) is 0 Å². The van der Waals surface area contributed by atoms with Crippen LogP contribution >= 0.6 is 11.6 Å². The molecule has 23 heavy (non-hydrogen) atoms. The average Bonchev–Trinajstić information content (AvgIpc) is 3.07. The number of halogens is 2. The molecule has 116 valence electrons. The summed E-state index contributed by atoms with van der Waals surface area (Å²) < 4.78 is 20.5. The molecule has 0 N–H and O–H groups in total. The molecule has 0 aliphatic carbocycles. The number of pyridine rings is 1. The van der Waals surface area contributed by atoms with Crippen LogP contribution in [0.5, 0.6) is 0 Å². The third kappa shape index (κ3) is 3.54. The largest absolute Gasteiger partial charge is 0.457 e. The van der Waals surface area contributed by atoms with Gasteiger partial charge in [0.1, 0.15) is 24.6 Å². The number of benzene rings is 1. The highest BCUT2D eigenvalue weighted by atomic mass is 35.5. The Morgan fingerprint density at radius 2 is 2.17 bits per heavy atom. The average molecular weight is 332 g/mol. The molecule has 0 saturated heterocycles. The third-order valence-corrected chi connectivity index (χ3v) is 3.33. The molecule has 7 heteroatoms. The lowest BCUT2D eigenvalue weighted by Gasteiger charge is -2.07. The van der Waals surface area contributed by atoms with Gasteiger partial charge < -0.3 is 4.74 Å². The van der Waals surface area contributed by atoms with E-state index in [0.717, 1.165) is 6.07 Å². The first kappa shape index (κ1) is 15.2. The zero-order valence-corrected chi connectivity index (χ0v) is 12.6. The van der Waals surface area contributed by atoms with E-state index in [0.29, 0.717) is 11.4 Å². The number of ether oxygens (including phenoxy) is 1. The monoisotopic (exact) mass is 331 g/mol. The van der Waals surface area contributed by atoms with Crippen molar-refractivity contribution in [3.63, 3.8) is 0 Å². The van der Waals surface area contributed by atoms with Gasteiger partial charge >= 0.3 is 5.97 Å². The van der Waals surface area contributed by atoms with Crippen molar-refractivity contribution in [2.75, 3.05) is 0 Å². The normalized spacial score (nSPS) is 10.5. The van der Waals surface area contributed by atoms with E-state index in [1.165, 1.54) is 12.1 Å². The number of aromatic nitrogens is 3. The second-order valence-electron chi connectivity index (χ2n) is 4.69. The molecule has 2 heterocycles. The van der Waals surface area contributed by atoms with E-state index >= 15 is 0 Å². The van der Waals surface area contributed by atoms with Gasteiger partial charge in [0.15, 0.2) is 0 Å². The molecule has 0 bridgehead atoms. The number of rotatable bonds is 4. The van der Waals surface area contributed by atoms with Gasteiger partial charge in [0.2, 0.25) is 0 Å². The summed E-state index contributed by atoms with van der Waals surface area (Å²) in [5, 5.41) is 0.221. The predicted molar refractivity (Wildman–Crippen MR) is 81.9 cm³/mol. The molecule has 0 fully saturated rings. The Bertz CT molecular complexity index is 820. The summed E-state index contributed by atoms with van der Waals surface area (Å²) in [6, 6.07) is 7.34. The van der Waals surface area contributed by atoms with Crippen LogP contribution in [-0.4, -0.2) is 20.5 Å². The van der Waals surface area contributed by atoms with Crippen molar-refractivity contribution in [2.45, 2.75) is 6.61 Å². The summed E-state index contributed by atoms with van der Waals surface area (Å²) in [4.78, 5) is 20.0. The number of esters is 1. The first-order valence-corrected chi connectivity index (χ1v) is 7.07. The summed E-state index contributed by atoms with van der Waals surface area (Å²) in [6.07, 6.45) is 6.63. The highest BCUT2D eigenvalue weighted by molar-refractivity contribution is 6.30. The number of carbonyl (C=O) groups is 1. The lowest BCUT2D eigenvalue weighted by atomic mass is 10.2. The Labute approximate surface area is 136 Å². The topological polar surface area (TPSA) is 57.0 Å². The summed E-state index contributed by atoms with van der Waals surface area (Å²) in [5.74, 6) is -0.768. The molecule has 0 spiro atoms. The minimum atomic E-state index is -0.752. The van der Waals surface area contributed by atoms with Gasteiger partial charge in [-0.15, -0.1) is 0 Å². The third-order valence-electron chi connectivity index (χ3n) is 3.10. The maximum Gasteiger partial charge on any atom is 0.341 e. The van der Waals surface area contributed by atoms with Crippen LogP contribution in [0.15, 0.2) is 55.2 Å². The number of hydrogen-bond donors (Lipinski definition) is 0. The highest BCUT2D eigenvalue weighted by Gasteiger charge is 2.13. The summed E-state index contributed by atoms with van der Waals surface area (Å²) in [5.41, 5.74) is 0.536. The van der Waals surface area contributed by atoms with Gasteiger partial charge in [0.05, 0.1) is 5.56 Å². The zero-order chi connectivity index (χ0) is 16.2. The van der Waals surface area contributed by atoms with Gasteiger partial charge in [0, 0.05) is 29.2 Å². The molecule has 0 unspecified atom stereocenters. The minimum Gasteiger partial charge on any atom is -0.457 e. The van der Waals surface area contributed by atoms with Crippen LogP contribution in [0.2, 0.25) is 5.02 Å². The minimum absolute atomic E-state index is 0.00188. The first-order chi connectivity index (χ1) is 11.1. The molecule has 0 amide bonds. The molecule has 2 aromatic heterocycles. The Morgan fingerprint density at radius 1 is 1.30 bits per heavy atom. The smallest absolute Gasteiger partial charge is 0.341 e. The van der Waals surface area contributed by atoms with Gasteiger partial charge in [-0.25, -0.2) is 19.2 Å². The summed E-state index contributed by atoms with van der Waals surface area (Å²) in [6.45, 7) is -0.00188. The van der Waals surface area contributed by atoms with E-state index in [4.69, 9.17) is 16.3 Å². The molecule has 0 atom stereocenters. The molecule has 0 aliphatic heterocycles. The van der Waals surface area contributed by atoms with E-state index in [1.54, 1.807) is 41.6 Å². The van der Waals surface area contributed by atoms with E-state index in [9.17, 15) is 9.18 Å². The van der Waals surface area contributed by atoms with Crippen molar-refractivity contribution in [1.29, 1.82) is 0 Å².